The molecule has 0 amide bonds. The van der Waals surface area contributed by atoms with Crippen LogP contribution >= 0.6 is 0 Å². The molecule has 28 heavy (non-hydrogen) atoms. The lowest BCUT2D eigenvalue weighted by atomic mass is 9.82. The zero-order chi connectivity index (χ0) is 19.4. The Labute approximate surface area is 158 Å². The van der Waals surface area contributed by atoms with Gasteiger partial charge in [-0.2, -0.15) is 0 Å². The van der Waals surface area contributed by atoms with Crippen molar-refractivity contribution in [1.29, 1.82) is 0 Å². The molecule has 1 aliphatic carbocycles. The minimum absolute atomic E-state index is 0.00591. The van der Waals surface area contributed by atoms with Crippen molar-refractivity contribution >= 4 is 22.5 Å². The predicted molar refractivity (Wildman–Crippen MR) is 103 cm³/mol. The van der Waals surface area contributed by atoms with E-state index >= 15 is 0 Å². The molecule has 1 heterocycles. The number of fused-ring (bicyclic) bond motifs is 4. The molecular weight excluding hydrogens is 356 g/mol. The van der Waals surface area contributed by atoms with Crippen molar-refractivity contribution in [1.82, 2.24) is 0 Å². The predicted octanol–water partition coefficient (Wildman–Crippen LogP) is 3.94. The van der Waals surface area contributed by atoms with Crippen molar-refractivity contribution in [3.8, 4) is 17.1 Å². The molecule has 5 rings (SSSR count). The summed E-state index contributed by atoms with van der Waals surface area (Å²) in [6.07, 6.45) is 0. The van der Waals surface area contributed by atoms with Gasteiger partial charge >= 0.3 is 0 Å². The number of benzene rings is 3. The van der Waals surface area contributed by atoms with Gasteiger partial charge in [-0.05, 0) is 18.2 Å². The largest absolute Gasteiger partial charge is 0.507 e. The van der Waals surface area contributed by atoms with Gasteiger partial charge in [0.05, 0.1) is 16.5 Å². The summed E-state index contributed by atoms with van der Waals surface area (Å²) >= 11 is 0. The Morgan fingerprint density at radius 1 is 0.714 bits per heavy atom. The minimum atomic E-state index is -0.540. The molecule has 5 heteroatoms. The lowest BCUT2D eigenvalue weighted by Gasteiger charge is -2.19. The number of carbonyl (C=O) groups is 2. The van der Waals surface area contributed by atoms with E-state index in [1.54, 1.807) is 12.1 Å². The van der Waals surface area contributed by atoms with Gasteiger partial charge in [0.25, 0.3) is 0 Å². The first-order valence-electron chi connectivity index (χ1n) is 8.64. The molecule has 0 saturated heterocycles. The van der Waals surface area contributed by atoms with Gasteiger partial charge in [0.2, 0.25) is 5.78 Å². The second-order valence-corrected chi connectivity index (χ2v) is 6.56. The first kappa shape index (κ1) is 16.2. The number of rotatable bonds is 1. The maximum atomic E-state index is 13.2. The van der Waals surface area contributed by atoms with Gasteiger partial charge in [0.1, 0.15) is 11.5 Å². The standard InChI is InChI=1S/C23H12O5/c24-16-8-4-7-14-19(16)22(27)20-15(21(14)26)10-9-13-17(25)11-18(28-23(13)20)12-5-2-1-3-6-12/h1-11,24H. The van der Waals surface area contributed by atoms with Crippen molar-refractivity contribution < 1.29 is 19.1 Å². The van der Waals surface area contributed by atoms with E-state index < -0.39 is 11.6 Å². The number of phenolic OH excluding ortho intramolecular Hbond substituents is 1. The molecule has 4 aromatic rings. The molecule has 0 aliphatic heterocycles. The highest BCUT2D eigenvalue weighted by molar-refractivity contribution is 6.32. The average Bonchev–Trinajstić information content (AvgIpc) is 2.71. The average molecular weight is 368 g/mol. The topological polar surface area (TPSA) is 84.6 Å². The second kappa shape index (κ2) is 5.76. The molecule has 0 spiro atoms. The summed E-state index contributed by atoms with van der Waals surface area (Å²) in [5.74, 6) is -0.910. The number of phenols is 1. The van der Waals surface area contributed by atoms with Crippen LogP contribution in [0.3, 0.4) is 0 Å². The fourth-order valence-electron chi connectivity index (χ4n) is 3.62. The van der Waals surface area contributed by atoms with E-state index in [2.05, 4.69) is 0 Å². The fraction of sp³-hybridized carbons (Fsp3) is 0. The Kier molecular flexibility index (Phi) is 3.33. The Balaban J connectivity index is 1.87. The van der Waals surface area contributed by atoms with Crippen LogP contribution in [0.25, 0.3) is 22.3 Å². The van der Waals surface area contributed by atoms with Crippen LogP contribution in [0.2, 0.25) is 0 Å². The molecular formula is C23H12O5. The Morgan fingerprint density at radius 3 is 2.25 bits per heavy atom. The van der Waals surface area contributed by atoms with Crippen LogP contribution in [-0.4, -0.2) is 16.7 Å². The molecule has 1 aliphatic rings. The van der Waals surface area contributed by atoms with Crippen LogP contribution in [0.1, 0.15) is 31.8 Å². The van der Waals surface area contributed by atoms with E-state index in [4.69, 9.17) is 4.42 Å². The first-order valence-corrected chi connectivity index (χ1v) is 8.64. The molecule has 1 N–H and O–H groups in total. The van der Waals surface area contributed by atoms with Crippen LogP contribution in [0.4, 0.5) is 0 Å². The Hall–Kier alpha value is -3.99. The van der Waals surface area contributed by atoms with Gasteiger partial charge in [0, 0.05) is 22.8 Å². The first-order chi connectivity index (χ1) is 13.6. The molecule has 0 saturated carbocycles. The molecule has 0 radical (unpaired) electrons. The smallest absolute Gasteiger partial charge is 0.202 e. The van der Waals surface area contributed by atoms with Crippen molar-refractivity contribution in [2.24, 2.45) is 0 Å². The third-order valence-corrected chi connectivity index (χ3v) is 4.94. The normalized spacial score (nSPS) is 12.7. The number of hydrogen-bond acceptors (Lipinski definition) is 5. The summed E-state index contributed by atoms with van der Waals surface area (Å²) in [6, 6.07) is 17.7. The van der Waals surface area contributed by atoms with Gasteiger partial charge < -0.3 is 9.52 Å². The minimum Gasteiger partial charge on any atom is -0.507 e. The van der Waals surface area contributed by atoms with Gasteiger partial charge in [-0.15, -0.1) is 0 Å². The van der Waals surface area contributed by atoms with Gasteiger partial charge in [-0.1, -0.05) is 42.5 Å². The van der Waals surface area contributed by atoms with Crippen LogP contribution < -0.4 is 5.43 Å². The zero-order valence-corrected chi connectivity index (χ0v) is 14.4. The maximum Gasteiger partial charge on any atom is 0.202 e. The quantitative estimate of drug-likeness (QED) is 0.484. The molecule has 0 fully saturated rings. The van der Waals surface area contributed by atoms with Crippen molar-refractivity contribution in [2.75, 3.05) is 0 Å². The molecule has 5 nitrogen and oxygen atoms in total. The summed E-state index contributed by atoms with van der Waals surface area (Å²) < 4.78 is 5.95. The van der Waals surface area contributed by atoms with Crippen molar-refractivity contribution in [3.63, 3.8) is 0 Å². The van der Waals surface area contributed by atoms with E-state index in [9.17, 15) is 19.5 Å². The molecule has 0 bridgehead atoms. The lowest BCUT2D eigenvalue weighted by Crippen LogP contribution is -2.22. The molecule has 3 aromatic carbocycles. The summed E-state index contributed by atoms with van der Waals surface area (Å²) in [5, 5.41) is 10.4. The maximum absolute atomic E-state index is 13.2. The van der Waals surface area contributed by atoms with Crippen molar-refractivity contribution in [2.45, 2.75) is 0 Å². The van der Waals surface area contributed by atoms with Crippen LogP contribution in [0, 0.1) is 0 Å². The van der Waals surface area contributed by atoms with Gasteiger partial charge in [-0.3, -0.25) is 14.4 Å². The third-order valence-electron chi connectivity index (χ3n) is 4.94. The van der Waals surface area contributed by atoms with Crippen LogP contribution in [0.15, 0.2) is 75.9 Å². The second-order valence-electron chi connectivity index (χ2n) is 6.56. The van der Waals surface area contributed by atoms with Crippen molar-refractivity contribution in [3.05, 3.63) is 99.2 Å². The fourth-order valence-corrected chi connectivity index (χ4v) is 3.62. The highest BCUT2D eigenvalue weighted by Gasteiger charge is 2.34. The molecule has 1 aromatic heterocycles. The zero-order valence-electron chi connectivity index (χ0n) is 14.4. The summed E-state index contributed by atoms with van der Waals surface area (Å²) in [5.41, 5.74) is 0.647. The highest BCUT2D eigenvalue weighted by Crippen LogP contribution is 2.36. The molecule has 0 atom stereocenters. The number of ketones is 2. The van der Waals surface area contributed by atoms with E-state index in [-0.39, 0.29) is 44.4 Å². The van der Waals surface area contributed by atoms with E-state index in [0.717, 1.165) is 0 Å². The van der Waals surface area contributed by atoms with E-state index in [1.165, 1.54) is 36.4 Å². The summed E-state index contributed by atoms with van der Waals surface area (Å²) in [7, 11) is 0. The van der Waals surface area contributed by atoms with Crippen LogP contribution in [-0.2, 0) is 0 Å². The van der Waals surface area contributed by atoms with Gasteiger partial charge in [0.15, 0.2) is 16.8 Å². The number of hydrogen-bond donors (Lipinski definition) is 1. The lowest BCUT2D eigenvalue weighted by molar-refractivity contribution is 0.0977. The summed E-state index contributed by atoms with van der Waals surface area (Å²) in [4.78, 5) is 38.7. The monoisotopic (exact) mass is 368 g/mol. The molecule has 134 valence electrons. The molecule has 0 unspecified atom stereocenters. The third kappa shape index (κ3) is 2.16. The van der Waals surface area contributed by atoms with E-state index in [0.29, 0.717) is 11.3 Å². The van der Waals surface area contributed by atoms with Crippen LogP contribution in [0.5, 0.6) is 5.75 Å². The van der Waals surface area contributed by atoms with Gasteiger partial charge in [-0.25, -0.2) is 0 Å². The van der Waals surface area contributed by atoms with E-state index in [1.807, 2.05) is 18.2 Å². The SMILES string of the molecule is O=C1c2cccc(O)c2C(=O)c2c1ccc1c(=O)cc(-c3ccccc3)oc21. The Bertz CT molecular complexity index is 1360. The number of carbonyl (C=O) groups excluding carboxylic acids is 2. The highest BCUT2D eigenvalue weighted by atomic mass is 16.3. The summed E-state index contributed by atoms with van der Waals surface area (Å²) in [6.45, 7) is 0. The number of aromatic hydroxyl groups is 1. The Morgan fingerprint density at radius 2 is 1.46 bits per heavy atom.